The van der Waals surface area contributed by atoms with Gasteiger partial charge in [-0.2, -0.15) is 0 Å². The monoisotopic (exact) mass is 465 g/mol. The number of rotatable bonds is 4. The molecule has 5 heterocycles. The molecule has 3 aromatic heterocycles. The van der Waals surface area contributed by atoms with E-state index in [1.165, 1.54) is 32.1 Å². The Kier molecular flexibility index (Phi) is 5.41. The molecule has 2 aliphatic heterocycles. The molecule has 3 aromatic rings. The van der Waals surface area contributed by atoms with Gasteiger partial charge >= 0.3 is 0 Å². The first kappa shape index (κ1) is 21.2. The van der Waals surface area contributed by atoms with Crippen molar-refractivity contribution in [3.05, 3.63) is 33.6 Å². The van der Waals surface area contributed by atoms with E-state index in [9.17, 15) is 4.79 Å². The van der Waals surface area contributed by atoms with Crippen molar-refractivity contribution in [2.24, 2.45) is 0 Å². The molecular weight excluding hydrogens is 434 g/mol. The second-order valence-corrected chi connectivity index (χ2v) is 10.7. The first-order chi connectivity index (χ1) is 16.1. The van der Waals surface area contributed by atoms with Crippen LogP contribution in [-0.4, -0.2) is 66.6 Å². The molecule has 2 fully saturated rings. The fourth-order valence-corrected chi connectivity index (χ4v) is 6.41. The number of amides is 1. The molecule has 0 unspecified atom stereocenters. The molecule has 33 heavy (non-hydrogen) atoms. The molecule has 3 aliphatic rings. The molecular formula is C24H31N7OS. The van der Waals surface area contributed by atoms with Crippen LogP contribution in [-0.2, 0) is 19.5 Å². The summed E-state index contributed by atoms with van der Waals surface area (Å²) in [6, 6.07) is 0. The Hall–Kier alpha value is -2.39. The molecule has 9 heteroatoms. The summed E-state index contributed by atoms with van der Waals surface area (Å²) >= 11 is 1.54. The number of carbonyl (C=O) groups excluding carboxylic acids is 1. The fraction of sp³-hybridized carbons (Fsp3) is 0.625. The van der Waals surface area contributed by atoms with Gasteiger partial charge < -0.3 is 9.47 Å². The Morgan fingerprint density at radius 3 is 2.61 bits per heavy atom. The molecule has 1 saturated carbocycles. The Morgan fingerprint density at radius 1 is 1.00 bits per heavy atom. The van der Waals surface area contributed by atoms with Gasteiger partial charge in [0.1, 0.15) is 22.3 Å². The van der Waals surface area contributed by atoms with Gasteiger partial charge in [0, 0.05) is 50.4 Å². The Bertz CT molecular complexity index is 1200. The van der Waals surface area contributed by atoms with Gasteiger partial charge in [-0.3, -0.25) is 9.69 Å². The normalized spacial score (nSPS) is 19.6. The molecule has 0 bridgehead atoms. The molecule has 8 nitrogen and oxygen atoms in total. The van der Waals surface area contributed by atoms with Gasteiger partial charge in [-0.05, 0) is 45.1 Å². The highest BCUT2D eigenvalue weighted by Crippen LogP contribution is 2.40. The van der Waals surface area contributed by atoms with Crippen LogP contribution in [0.2, 0.25) is 0 Å². The second-order valence-electron chi connectivity index (χ2n) is 9.74. The molecule has 0 aromatic carbocycles. The summed E-state index contributed by atoms with van der Waals surface area (Å²) in [6.07, 6.45) is 7.10. The van der Waals surface area contributed by atoms with Crippen molar-refractivity contribution in [3.8, 4) is 0 Å². The van der Waals surface area contributed by atoms with Crippen molar-refractivity contribution < 1.29 is 4.79 Å². The minimum absolute atomic E-state index is 0.138. The summed E-state index contributed by atoms with van der Waals surface area (Å²) in [5.74, 6) is 3.83. The van der Waals surface area contributed by atoms with Gasteiger partial charge in [-0.15, -0.1) is 21.5 Å². The first-order valence-corrected chi connectivity index (χ1v) is 13.1. The molecule has 1 saturated heterocycles. The molecule has 1 amide bonds. The zero-order valence-corrected chi connectivity index (χ0v) is 20.3. The van der Waals surface area contributed by atoms with Gasteiger partial charge in [-0.25, -0.2) is 9.97 Å². The smallest absolute Gasteiger partial charge is 0.264 e. The van der Waals surface area contributed by atoms with Crippen LogP contribution in [0.15, 0.2) is 0 Å². The second kappa shape index (κ2) is 8.43. The van der Waals surface area contributed by atoms with E-state index in [2.05, 4.69) is 19.7 Å². The standard InChI is InChI=1S/C24H31N7OS/c1-15-20-16(2)25-22(17-7-8-17)26-23(20)33-21(15)24(32)30-12-10-29(11-13-30)14-19-28-27-18-6-4-3-5-9-31(18)19/h17H,3-14H2,1-2H3. The lowest BCUT2D eigenvalue weighted by molar-refractivity contribution is 0.0628. The number of fused-ring (bicyclic) bond motifs is 2. The third-order valence-corrected chi connectivity index (χ3v) is 8.51. The van der Waals surface area contributed by atoms with E-state index in [0.29, 0.717) is 5.92 Å². The van der Waals surface area contributed by atoms with Crippen LogP contribution in [0.4, 0.5) is 0 Å². The largest absolute Gasteiger partial charge is 0.335 e. The van der Waals surface area contributed by atoms with Crippen molar-refractivity contribution in [1.82, 2.24) is 34.5 Å². The average molecular weight is 466 g/mol. The van der Waals surface area contributed by atoms with Crippen LogP contribution in [0.25, 0.3) is 10.2 Å². The minimum Gasteiger partial charge on any atom is -0.335 e. The van der Waals surface area contributed by atoms with Crippen molar-refractivity contribution in [1.29, 1.82) is 0 Å². The van der Waals surface area contributed by atoms with Crippen LogP contribution < -0.4 is 0 Å². The lowest BCUT2D eigenvalue weighted by Gasteiger charge is -2.34. The summed E-state index contributed by atoms with van der Waals surface area (Å²) < 4.78 is 2.32. The van der Waals surface area contributed by atoms with Crippen molar-refractivity contribution in [3.63, 3.8) is 0 Å². The van der Waals surface area contributed by atoms with Crippen LogP contribution in [0.3, 0.4) is 0 Å². The molecule has 1 aliphatic carbocycles. The van der Waals surface area contributed by atoms with Crippen molar-refractivity contribution in [2.75, 3.05) is 26.2 Å². The molecule has 0 radical (unpaired) electrons. The van der Waals surface area contributed by atoms with E-state index in [4.69, 9.17) is 9.97 Å². The quantitative estimate of drug-likeness (QED) is 0.587. The maximum absolute atomic E-state index is 13.4. The summed E-state index contributed by atoms with van der Waals surface area (Å²) in [6.45, 7) is 9.16. The highest BCUT2D eigenvalue weighted by Gasteiger charge is 2.30. The van der Waals surface area contributed by atoms with Crippen LogP contribution >= 0.6 is 11.3 Å². The minimum atomic E-state index is 0.138. The van der Waals surface area contributed by atoms with E-state index in [-0.39, 0.29) is 5.91 Å². The van der Waals surface area contributed by atoms with E-state index >= 15 is 0 Å². The zero-order valence-electron chi connectivity index (χ0n) is 19.5. The SMILES string of the molecule is Cc1nc(C2CC2)nc2sc(C(=O)N3CCN(Cc4nnc5n4CCCCC5)CC3)c(C)c12. The molecule has 0 spiro atoms. The highest BCUT2D eigenvalue weighted by molar-refractivity contribution is 7.20. The molecule has 6 rings (SSSR count). The number of hydrogen-bond acceptors (Lipinski definition) is 7. The summed E-state index contributed by atoms with van der Waals surface area (Å²) in [5, 5.41) is 9.99. The van der Waals surface area contributed by atoms with E-state index in [1.807, 2.05) is 18.7 Å². The summed E-state index contributed by atoms with van der Waals surface area (Å²) in [5.41, 5.74) is 2.04. The van der Waals surface area contributed by atoms with Gasteiger partial charge in [0.15, 0.2) is 0 Å². The number of aromatic nitrogens is 5. The lowest BCUT2D eigenvalue weighted by atomic mass is 10.1. The number of carbonyl (C=O) groups is 1. The Balaban J connectivity index is 1.14. The maximum Gasteiger partial charge on any atom is 0.264 e. The maximum atomic E-state index is 13.4. The number of thiophene rings is 1. The first-order valence-electron chi connectivity index (χ1n) is 12.3. The van der Waals surface area contributed by atoms with E-state index in [1.54, 1.807) is 11.3 Å². The average Bonchev–Trinajstić information content (AvgIpc) is 3.57. The van der Waals surface area contributed by atoms with Crippen molar-refractivity contribution >= 4 is 27.5 Å². The number of aryl methyl sites for hydroxylation is 3. The van der Waals surface area contributed by atoms with E-state index < -0.39 is 0 Å². The van der Waals surface area contributed by atoms with Gasteiger partial charge in [-0.1, -0.05) is 6.42 Å². The molecule has 0 atom stereocenters. The lowest BCUT2D eigenvalue weighted by Crippen LogP contribution is -2.48. The predicted octanol–water partition coefficient (Wildman–Crippen LogP) is 3.46. The van der Waals surface area contributed by atoms with Gasteiger partial charge in [0.2, 0.25) is 0 Å². The number of piperazine rings is 1. The topological polar surface area (TPSA) is 80.0 Å². The predicted molar refractivity (Wildman–Crippen MR) is 128 cm³/mol. The number of nitrogens with zero attached hydrogens (tertiary/aromatic N) is 7. The third-order valence-electron chi connectivity index (χ3n) is 7.34. The van der Waals surface area contributed by atoms with Gasteiger partial charge in [0.25, 0.3) is 5.91 Å². The summed E-state index contributed by atoms with van der Waals surface area (Å²) in [7, 11) is 0. The van der Waals surface area contributed by atoms with E-state index in [0.717, 1.165) is 89.5 Å². The van der Waals surface area contributed by atoms with Crippen LogP contribution in [0.1, 0.15) is 76.4 Å². The van der Waals surface area contributed by atoms with Crippen LogP contribution in [0.5, 0.6) is 0 Å². The van der Waals surface area contributed by atoms with Gasteiger partial charge in [0.05, 0.1) is 17.1 Å². The fourth-order valence-electron chi connectivity index (χ4n) is 5.20. The molecule has 174 valence electrons. The zero-order chi connectivity index (χ0) is 22.5. The molecule has 0 N–H and O–H groups in total. The summed E-state index contributed by atoms with van der Waals surface area (Å²) in [4.78, 5) is 29.2. The highest BCUT2D eigenvalue weighted by atomic mass is 32.1. The Labute approximate surface area is 198 Å². The Morgan fingerprint density at radius 2 is 1.82 bits per heavy atom. The van der Waals surface area contributed by atoms with Crippen molar-refractivity contribution in [2.45, 2.75) is 71.4 Å². The third kappa shape index (κ3) is 3.95. The van der Waals surface area contributed by atoms with Crippen LogP contribution in [0, 0.1) is 13.8 Å². The number of hydrogen-bond donors (Lipinski definition) is 0.